The lowest BCUT2D eigenvalue weighted by atomic mass is 10.1. The predicted molar refractivity (Wildman–Crippen MR) is 78.6 cm³/mol. The third-order valence-corrected chi connectivity index (χ3v) is 4.31. The molecule has 2 heterocycles. The topological polar surface area (TPSA) is 18.5 Å². The molecule has 0 saturated heterocycles. The van der Waals surface area contributed by atoms with Crippen LogP contribution in [0, 0.1) is 0 Å². The van der Waals surface area contributed by atoms with Crippen molar-refractivity contribution < 1.29 is 9.47 Å². The molecule has 1 aliphatic rings. The Hall–Kier alpha value is -2.26. The van der Waals surface area contributed by atoms with E-state index in [-0.39, 0.29) is 0 Å². The molecule has 0 bridgehead atoms. The van der Waals surface area contributed by atoms with Crippen molar-refractivity contribution in [3.63, 3.8) is 0 Å². The lowest BCUT2D eigenvalue weighted by molar-refractivity contribution is 0.312. The van der Waals surface area contributed by atoms with Crippen LogP contribution in [0.15, 0.2) is 61.3 Å². The molecule has 19 heavy (non-hydrogen) atoms. The molecule has 0 spiro atoms. The third kappa shape index (κ3) is 1.63. The van der Waals surface area contributed by atoms with Gasteiger partial charge in [-0.15, -0.1) is 11.3 Å². The molecule has 1 aromatic heterocycles. The first-order valence-electron chi connectivity index (χ1n) is 6.01. The Morgan fingerprint density at radius 2 is 1.74 bits per heavy atom. The number of hydrogen-bond donors (Lipinski definition) is 0. The molecule has 1 aliphatic heterocycles. The summed E-state index contributed by atoms with van der Waals surface area (Å²) in [5.74, 6) is 0.747. The lowest BCUT2D eigenvalue weighted by Crippen LogP contribution is -1.92. The van der Waals surface area contributed by atoms with E-state index in [0.717, 1.165) is 11.3 Å². The molecule has 0 amide bonds. The van der Waals surface area contributed by atoms with Gasteiger partial charge < -0.3 is 9.47 Å². The molecule has 92 valence electrons. The van der Waals surface area contributed by atoms with Crippen molar-refractivity contribution in [1.29, 1.82) is 0 Å². The first kappa shape index (κ1) is 10.6. The van der Waals surface area contributed by atoms with Crippen LogP contribution in [0.25, 0.3) is 25.9 Å². The third-order valence-electron chi connectivity index (χ3n) is 3.17. The maximum absolute atomic E-state index is 5.55. The monoisotopic (exact) mass is 266 g/mol. The zero-order valence-electron chi connectivity index (χ0n) is 10.00. The summed E-state index contributed by atoms with van der Waals surface area (Å²) in [5, 5.41) is 2.49. The second kappa shape index (κ2) is 4.14. The van der Waals surface area contributed by atoms with Gasteiger partial charge in [0, 0.05) is 25.7 Å². The van der Waals surface area contributed by atoms with E-state index in [2.05, 4.69) is 42.5 Å². The second-order valence-corrected chi connectivity index (χ2v) is 5.37. The number of ether oxygens (including phenoxy) is 2. The van der Waals surface area contributed by atoms with E-state index in [0.29, 0.717) is 0 Å². The van der Waals surface area contributed by atoms with Crippen molar-refractivity contribution in [2.75, 3.05) is 0 Å². The Morgan fingerprint density at radius 3 is 2.63 bits per heavy atom. The summed E-state index contributed by atoms with van der Waals surface area (Å²) in [4.78, 5) is 0. The molecule has 0 unspecified atom stereocenters. The molecular weight excluding hydrogens is 256 g/mol. The maximum atomic E-state index is 5.55. The van der Waals surface area contributed by atoms with Crippen LogP contribution in [-0.2, 0) is 9.47 Å². The average Bonchev–Trinajstić information content (AvgIpc) is 2.86. The minimum absolute atomic E-state index is 0.747. The molecule has 0 fully saturated rings. The fraction of sp³-hybridized carbons (Fsp3) is 0. The van der Waals surface area contributed by atoms with Gasteiger partial charge in [0.1, 0.15) is 18.8 Å². The van der Waals surface area contributed by atoms with E-state index in [1.54, 1.807) is 23.9 Å². The van der Waals surface area contributed by atoms with Gasteiger partial charge in [-0.25, -0.2) is 0 Å². The molecule has 4 rings (SSSR count). The number of rotatable bonds is 1. The standard InChI is InChI=1S/C16H10O2S/c1-2-6-14-12(4-1)16-11(5-3-7-15(16)19-14)13-10-17-8-9-18-13/h1-10H. The van der Waals surface area contributed by atoms with Crippen molar-refractivity contribution in [2.45, 2.75) is 0 Å². The number of benzene rings is 2. The van der Waals surface area contributed by atoms with Gasteiger partial charge in [-0.1, -0.05) is 30.3 Å². The van der Waals surface area contributed by atoms with Gasteiger partial charge in [0.05, 0.1) is 0 Å². The van der Waals surface area contributed by atoms with Gasteiger partial charge in [-0.3, -0.25) is 0 Å². The van der Waals surface area contributed by atoms with Gasteiger partial charge in [-0.2, -0.15) is 0 Å². The van der Waals surface area contributed by atoms with Crippen LogP contribution in [-0.4, -0.2) is 0 Å². The number of thiophene rings is 1. The van der Waals surface area contributed by atoms with Crippen molar-refractivity contribution in [1.82, 2.24) is 0 Å². The molecule has 0 saturated carbocycles. The highest BCUT2D eigenvalue weighted by molar-refractivity contribution is 7.25. The van der Waals surface area contributed by atoms with E-state index in [1.807, 2.05) is 0 Å². The molecule has 0 N–H and O–H groups in total. The molecule has 2 aromatic carbocycles. The molecule has 3 aromatic rings. The maximum Gasteiger partial charge on any atom is 0.169 e. The zero-order valence-corrected chi connectivity index (χ0v) is 10.8. The lowest BCUT2D eigenvalue weighted by Gasteiger charge is -2.11. The first-order valence-corrected chi connectivity index (χ1v) is 6.83. The second-order valence-electron chi connectivity index (χ2n) is 4.29. The largest absolute Gasteiger partial charge is 0.465 e. The Bertz CT molecular complexity index is 827. The van der Waals surface area contributed by atoms with Crippen molar-refractivity contribution in [3.05, 3.63) is 66.8 Å². The van der Waals surface area contributed by atoms with E-state index in [1.165, 1.54) is 26.4 Å². The molecule has 2 nitrogen and oxygen atoms in total. The van der Waals surface area contributed by atoms with Crippen LogP contribution in [0.2, 0.25) is 0 Å². The average molecular weight is 266 g/mol. The zero-order chi connectivity index (χ0) is 12.7. The normalized spacial score (nSPS) is 14.2. The summed E-state index contributed by atoms with van der Waals surface area (Å²) in [6.07, 6.45) is 4.72. The molecule has 0 radical (unpaired) electrons. The summed E-state index contributed by atoms with van der Waals surface area (Å²) in [5.41, 5.74) is 1.07. The SMILES string of the molecule is C1=COC(c2cccc3sc4ccccc4c23)=CO1. The molecule has 0 aliphatic carbocycles. The van der Waals surface area contributed by atoms with E-state index in [4.69, 9.17) is 9.47 Å². The minimum Gasteiger partial charge on any atom is -0.465 e. The quantitative estimate of drug-likeness (QED) is 0.625. The van der Waals surface area contributed by atoms with Gasteiger partial charge >= 0.3 is 0 Å². The number of hydrogen-bond acceptors (Lipinski definition) is 3. The van der Waals surface area contributed by atoms with Crippen molar-refractivity contribution >= 4 is 37.3 Å². The highest BCUT2D eigenvalue weighted by atomic mass is 32.1. The minimum atomic E-state index is 0.747. The predicted octanol–water partition coefficient (Wildman–Crippen LogP) is 4.87. The van der Waals surface area contributed by atoms with Crippen LogP contribution < -0.4 is 0 Å². The van der Waals surface area contributed by atoms with Crippen molar-refractivity contribution in [3.8, 4) is 0 Å². The van der Waals surface area contributed by atoms with Gasteiger partial charge in [0.15, 0.2) is 5.76 Å². The van der Waals surface area contributed by atoms with Crippen LogP contribution >= 0.6 is 11.3 Å². The van der Waals surface area contributed by atoms with Crippen LogP contribution in [0.1, 0.15) is 5.56 Å². The van der Waals surface area contributed by atoms with Crippen LogP contribution in [0.3, 0.4) is 0 Å². The van der Waals surface area contributed by atoms with Gasteiger partial charge in [0.25, 0.3) is 0 Å². The van der Waals surface area contributed by atoms with E-state index in [9.17, 15) is 0 Å². The smallest absolute Gasteiger partial charge is 0.169 e. The fourth-order valence-corrected chi connectivity index (χ4v) is 3.50. The summed E-state index contributed by atoms with van der Waals surface area (Å²) >= 11 is 1.80. The number of fused-ring (bicyclic) bond motifs is 3. The fourth-order valence-electron chi connectivity index (χ4n) is 2.37. The summed E-state index contributed by atoms with van der Waals surface area (Å²) < 4.78 is 13.3. The Morgan fingerprint density at radius 1 is 0.842 bits per heavy atom. The van der Waals surface area contributed by atoms with Crippen LogP contribution in [0.4, 0.5) is 0 Å². The van der Waals surface area contributed by atoms with Crippen LogP contribution in [0.5, 0.6) is 0 Å². The Kier molecular flexibility index (Phi) is 2.32. The summed E-state index contributed by atoms with van der Waals surface area (Å²) in [6, 6.07) is 14.7. The molecule has 3 heteroatoms. The summed E-state index contributed by atoms with van der Waals surface area (Å²) in [7, 11) is 0. The van der Waals surface area contributed by atoms with Gasteiger partial charge in [-0.05, 0) is 12.1 Å². The Balaban J connectivity index is 2.07. The highest BCUT2D eigenvalue weighted by Crippen LogP contribution is 2.38. The summed E-state index contributed by atoms with van der Waals surface area (Å²) in [6.45, 7) is 0. The molecule has 0 atom stereocenters. The highest BCUT2D eigenvalue weighted by Gasteiger charge is 2.14. The van der Waals surface area contributed by atoms with E-state index < -0.39 is 0 Å². The Labute approximate surface area is 114 Å². The van der Waals surface area contributed by atoms with Gasteiger partial charge in [0.2, 0.25) is 0 Å². The first-order chi connectivity index (χ1) is 9.43. The van der Waals surface area contributed by atoms with E-state index >= 15 is 0 Å². The molecular formula is C16H10O2S. The van der Waals surface area contributed by atoms with Crippen molar-refractivity contribution in [2.24, 2.45) is 0 Å².